The Balaban J connectivity index is 1.65. The molecule has 0 aromatic heterocycles. The molecule has 0 aromatic carbocycles. The predicted octanol–water partition coefficient (Wildman–Crippen LogP) is 3.54. The number of hydrogen-bond acceptors (Lipinski definition) is 10. The predicted molar refractivity (Wildman–Crippen MR) is 150 cm³/mol. The highest BCUT2D eigenvalue weighted by atomic mass is 16.6. The van der Waals surface area contributed by atoms with Crippen molar-refractivity contribution in [1.82, 2.24) is 5.32 Å². The molecule has 1 rings (SSSR count). The Kier molecular flexibility index (Phi) is 27.9. The zero-order valence-corrected chi connectivity index (χ0v) is 24.6. The van der Waals surface area contributed by atoms with Gasteiger partial charge in [0, 0.05) is 6.42 Å². The Hall–Kier alpha value is -0.850. The van der Waals surface area contributed by atoms with E-state index in [1.54, 1.807) is 0 Å². The quantitative estimate of drug-likeness (QED) is 0.103. The summed E-state index contributed by atoms with van der Waals surface area (Å²) in [6.45, 7) is 11.4. The van der Waals surface area contributed by atoms with E-state index in [9.17, 15) is 4.79 Å². The molecular weight excluding hydrogens is 506 g/mol. The molecule has 10 heteroatoms. The Morgan fingerprint density at radius 1 is 0.564 bits per heavy atom. The number of nitrogens with one attached hydrogen (secondary N) is 1. The summed E-state index contributed by atoms with van der Waals surface area (Å²) >= 11 is 0. The molecule has 0 aromatic rings. The molecule has 0 saturated carbocycles. The van der Waals surface area contributed by atoms with Crippen LogP contribution >= 0.6 is 0 Å². The first kappa shape index (κ1) is 36.2. The fraction of sp³-hybridized carbons (Fsp3) is 0.966. The number of rotatable bonds is 30. The number of piperidine rings is 1. The van der Waals surface area contributed by atoms with Gasteiger partial charge in [-0.2, -0.15) is 0 Å². The van der Waals surface area contributed by atoms with Crippen LogP contribution in [0.5, 0.6) is 0 Å². The molecule has 0 amide bonds. The Bertz CT molecular complexity index is 507. The van der Waals surface area contributed by atoms with Crippen LogP contribution in [0.1, 0.15) is 71.1 Å². The van der Waals surface area contributed by atoms with Gasteiger partial charge in [-0.3, -0.25) is 4.79 Å². The summed E-state index contributed by atoms with van der Waals surface area (Å²) < 4.78 is 43.8. The number of hydrogen-bond donors (Lipinski definition) is 1. The molecule has 39 heavy (non-hydrogen) atoms. The Morgan fingerprint density at radius 3 is 1.46 bits per heavy atom. The molecule has 0 bridgehead atoms. The lowest BCUT2D eigenvalue weighted by molar-refractivity contribution is -0.145. The first-order valence-electron chi connectivity index (χ1n) is 15.3. The molecule has 0 unspecified atom stereocenters. The number of carbonyl (C=O) groups is 1. The summed E-state index contributed by atoms with van der Waals surface area (Å²) in [7, 11) is 0. The standard InChI is InChI=1S/C29H57NO9/c1-2-3-4-5-6-7-8-9-29(31)39-27-25-37-23-21-35-19-17-33-15-14-32-16-18-34-20-22-36-24-26-38-28-10-12-30-13-11-28/h28,30H,2-27H2,1H3. The van der Waals surface area contributed by atoms with Gasteiger partial charge in [0.25, 0.3) is 0 Å². The molecule has 1 aliphatic heterocycles. The molecule has 0 aliphatic carbocycles. The van der Waals surface area contributed by atoms with Crippen LogP contribution in [0.25, 0.3) is 0 Å². The van der Waals surface area contributed by atoms with Gasteiger partial charge in [0.2, 0.25) is 0 Å². The van der Waals surface area contributed by atoms with Crippen molar-refractivity contribution in [2.45, 2.75) is 77.2 Å². The van der Waals surface area contributed by atoms with Crippen LogP contribution in [-0.4, -0.2) is 118 Å². The second-order valence-corrected chi connectivity index (χ2v) is 9.59. The molecule has 1 aliphatic rings. The largest absolute Gasteiger partial charge is 0.463 e. The molecule has 1 N–H and O–H groups in total. The lowest BCUT2D eigenvalue weighted by Crippen LogP contribution is -2.33. The van der Waals surface area contributed by atoms with Gasteiger partial charge in [0.15, 0.2) is 0 Å². The van der Waals surface area contributed by atoms with Gasteiger partial charge in [-0.15, -0.1) is 0 Å². The number of carbonyl (C=O) groups excluding carboxylic acids is 1. The van der Waals surface area contributed by atoms with Gasteiger partial charge in [0.1, 0.15) is 6.61 Å². The van der Waals surface area contributed by atoms with Crippen molar-refractivity contribution in [2.75, 3.05) is 106 Å². The number of ether oxygens (including phenoxy) is 8. The highest BCUT2D eigenvalue weighted by Gasteiger charge is 2.12. The van der Waals surface area contributed by atoms with Gasteiger partial charge in [-0.1, -0.05) is 45.4 Å². The van der Waals surface area contributed by atoms with Crippen molar-refractivity contribution < 1.29 is 42.7 Å². The third kappa shape index (κ3) is 27.1. The summed E-state index contributed by atoms with van der Waals surface area (Å²) in [4.78, 5) is 11.7. The van der Waals surface area contributed by atoms with E-state index in [-0.39, 0.29) is 5.97 Å². The average molecular weight is 564 g/mol. The Labute approximate surface area is 237 Å². The van der Waals surface area contributed by atoms with Crippen molar-refractivity contribution in [2.24, 2.45) is 0 Å². The maximum Gasteiger partial charge on any atom is 0.305 e. The molecule has 1 fully saturated rings. The number of esters is 1. The summed E-state index contributed by atoms with van der Waals surface area (Å²) in [5.41, 5.74) is 0. The van der Waals surface area contributed by atoms with Crippen LogP contribution < -0.4 is 5.32 Å². The minimum Gasteiger partial charge on any atom is -0.463 e. The third-order valence-corrected chi connectivity index (χ3v) is 6.20. The first-order valence-corrected chi connectivity index (χ1v) is 15.3. The molecular formula is C29H57NO9. The van der Waals surface area contributed by atoms with E-state index in [1.165, 1.54) is 32.1 Å². The van der Waals surface area contributed by atoms with Crippen LogP contribution in [0.15, 0.2) is 0 Å². The average Bonchev–Trinajstić information content (AvgIpc) is 2.95. The van der Waals surface area contributed by atoms with Crippen LogP contribution in [0.3, 0.4) is 0 Å². The van der Waals surface area contributed by atoms with Crippen LogP contribution in [0.2, 0.25) is 0 Å². The maximum absolute atomic E-state index is 11.7. The monoisotopic (exact) mass is 563 g/mol. The second kappa shape index (κ2) is 30.1. The fourth-order valence-corrected chi connectivity index (χ4v) is 3.95. The molecule has 1 saturated heterocycles. The minimum atomic E-state index is -0.133. The molecule has 1 heterocycles. The van der Waals surface area contributed by atoms with Crippen molar-refractivity contribution in [3.8, 4) is 0 Å². The SMILES string of the molecule is CCCCCCCCCC(=O)OCCOCCOCCOCCOCCOCCOCCOC1CCNCC1. The topological polar surface area (TPSA) is 103 Å². The van der Waals surface area contributed by atoms with Gasteiger partial charge in [-0.25, -0.2) is 0 Å². The third-order valence-electron chi connectivity index (χ3n) is 6.20. The lowest BCUT2D eigenvalue weighted by Gasteiger charge is -2.22. The van der Waals surface area contributed by atoms with Gasteiger partial charge in [-0.05, 0) is 32.4 Å². The Morgan fingerprint density at radius 2 is 0.974 bits per heavy atom. The first-order chi connectivity index (χ1) is 19.3. The van der Waals surface area contributed by atoms with E-state index in [4.69, 9.17) is 37.9 Å². The van der Waals surface area contributed by atoms with E-state index >= 15 is 0 Å². The fourth-order valence-electron chi connectivity index (χ4n) is 3.95. The van der Waals surface area contributed by atoms with E-state index in [2.05, 4.69) is 12.2 Å². The smallest absolute Gasteiger partial charge is 0.305 e. The summed E-state index contributed by atoms with van der Waals surface area (Å²) in [6, 6.07) is 0. The van der Waals surface area contributed by atoms with Gasteiger partial charge in [0.05, 0.1) is 92.0 Å². The highest BCUT2D eigenvalue weighted by molar-refractivity contribution is 5.69. The molecule has 10 nitrogen and oxygen atoms in total. The molecule has 232 valence electrons. The van der Waals surface area contributed by atoms with Crippen molar-refractivity contribution in [3.05, 3.63) is 0 Å². The van der Waals surface area contributed by atoms with Gasteiger partial charge >= 0.3 is 5.97 Å². The number of unbranched alkanes of at least 4 members (excludes halogenated alkanes) is 6. The van der Waals surface area contributed by atoms with Crippen molar-refractivity contribution >= 4 is 5.97 Å². The second-order valence-electron chi connectivity index (χ2n) is 9.59. The summed E-state index contributed by atoms with van der Waals surface area (Å²) in [5.74, 6) is -0.133. The summed E-state index contributed by atoms with van der Waals surface area (Å²) in [6.07, 6.45) is 11.4. The maximum atomic E-state index is 11.7. The van der Waals surface area contributed by atoms with Crippen molar-refractivity contribution in [3.63, 3.8) is 0 Å². The zero-order valence-electron chi connectivity index (χ0n) is 24.6. The molecule has 0 atom stereocenters. The minimum absolute atomic E-state index is 0.133. The van der Waals surface area contributed by atoms with Crippen molar-refractivity contribution in [1.29, 1.82) is 0 Å². The lowest BCUT2D eigenvalue weighted by atomic mass is 10.1. The normalized spacial score (nSPS) is 14.2. The van der Waals surface area contributed by atoms with E-state index in [1.807, 2.05) is 0 Å². The van der Waals surface area contributed by atoms with Gasteiger partial charge < -0.3 is 43.2 Å². The summed E-state index contributed by atoms with van der Waals surface area (Å²) in [5, 5.41) is 3.33. The van der Waals surface area contributed by atoms with Crippen LogP contribution in [-0.2, 0) is 42.7 Å². The van der Waals surface area contributed by atoms with Crippen LogP contribution in [0, 0.1) is 0 Å². The van der Waals surface area contributed by atoms with Crippen LogP contribution in [0.4, 0.5) is 0 Å². The zero-order chi connectivity index (χ0) is 27.9. The van der Waals surface area contributed by atoms with E-state index < -0.39 is 0 Å². The molecule has 0 radical (unpaired) electrons. The van der Waals surface area contributed by atoms with E-state index in [0.29, 0.717) is 105 Å². The highest BCUT2D eigenvalue weighted by Crippen LogP contribution is 2.09. The van der Waals surface area contributed by atoms with E-state index in [0.717, 1.165) is 38.8 Å². The molecule has 0 spiro atoms.